The Morgan fingerprint density at radius 3 is 2.78 bits per heavy atom. The van der Waals surface area contributed by atoms with Gasteiger partial charge in [0.25, 0.3) is 0 Å². The molecule has 0 aliphatic heterocycles. The minimum Gasteiger partial charge on any atom is -0.461 e. The van der Waals surface area contributed by atoms with Crippen molar-refractivity contribution < 1.29 is 14.3 Å². The maximum atomic E-state index is 11.6. The first-order chi connectivity index (χ1) is 8.74. The summed E-state index contributed by atoms with van der Waals surface area (Å²) in [5.74, 6) is -0.385. The van der Waals surface area contributed by atoms with E-state index in [2.05, 4.69) is 4.99 Å². The average Bonchev–Trinajstić information content (AvgIpc) is 2.42. The van der Waals surface area contributed by atoms with Gasteiger partial charge in [0.05, 0.1) is 12.5 Å². The lowest BCUT2D eigenvalue weighted by molar-refractivity contribution is -0.149. The Balaban J connectivity index is 2.25. The van der Waals surface area contributed by atoms with Gasteiger partial charge < -0.3 is 4.74 Å². The zero-order valence-electron chi connectivity index (χ0n) is 10.5. The summed E-state index contributed by atoms with van der Waals surface area (Å²) in [6.07, 6.45) is 2.83. The first-order valence-electron chi connectivity index (χ1n) is 5.98. The third kappa shape index (κ3) is 5.41. The summed E-state index contributed by atoms with van der Waals surface area (Å²) in [5, 5.41) is 0. The van der Waals surface area contributed by atoms with Gasteiger partial charge in [-0.15, -0.1) is 0 Å². The van der Waals surface area contributed by atoms with E-state index in [9.17, 15) is 9.59 Å². The summed E-state index contributed by atoms with van der Waals surface area (Å²) in [6.45, 7) is 2.54. The van der Waals surface area contributed by atoms with Crippen LogP contribution in [0.5, 0.6) is 0 Å². The normalized spacial score (nSPS) is 11.4. The van der Waals surface area contributed by atoms with Gasteiger partial charge in [0, 0.05) is 0 Å². The van der Waals surface area contributed by atoms with Crippen molar-refractivity contribution in [3.8, 4) is 0 Å². The van der Waals surface area contributed by atoms with E-state index < -0.39 is 0 Å². The lowest BCUT2D eigenvalue weighted by Crippen LogP contribution is -2.15. The van der Waals surface area contributed by atoms with Crippen molar-refractivity contribution >= 4 is 12.0 Å². The first kappa shape index (κ1) is 14.1. The maximum Gasteiger partial charge on any atom is 0.308 e. The second-order valence-corrected chi connectivity index (χ2v) is 4.11. The van der Waals surface area contributed by atoms with Crippen molar-refractivity contribution in [3.63, 3.8) is 0 Å². The Morgan fingerprint density at radius 1 is 1.39 bits per heavy atom. The van der Waals surface area contributed by atoms with E-state index in [0.29, 0.717) is 26.0 Å². The molecule has 0 heterocycles. The molecule has 1 unspecified atom stereocenters. The zero-order valence-corrected chi connectivity index (χ0v) is 10.5. The number of rotatable bonds is 7. The molecule has 0 fully saturated rings. The smallest absolute Gasteiger partial charge is 0.308 e. The van der Waals surface area contributed by atoms with Gasteiger partial charge in [0.15, 0.2) is 0 Å². The van der Waals surface area contributed by atoms with Gasteiger partial charge in [-0.2, -0.15) is 0 Å². The largest absolute Gasteiger partial charge is 0.461 e. The molecule has 0 aliphatic carbocycles. The highest BCUT2D eigenvalue weighted by atomic mass is 16.5. The van der Waals surface area contributed by atoms with Crippen LogP contribution in [0.2, 0.25) is 0 Å². The van der Waals surface area contributed by atoms with Crippen LogP contribution in [0.1, 0.15) is 25.3 Å². The molecule has 4 heteroatoms. The van der Waals surface area contributed by atoms with E-state index in [0.717, 1.165) is 5.56 Å². The molecule has 0 aliphatic rings. The molecule has 1 aromatic carbocycles. The third-order valence-electron chi connectivity index (χ3n) is 2.60. The SMILES string of the molecule is CC(CCCN=C=O)C(=O)OCc1ccccc1. The molecule has 0 spiro atoms. The van der Waals surface area contributed by atoms with E-state index in [-0.39, 0.29) is 11.9 Å². The average molecular weight is 247 g/mol. The summed E-state index contributed by atoms with van der Waals surface area (Å²) in [7, 11) is 0. The Bertz CT molecular complexity index is 410. The number of hydrogen-bond donors (Lipinski definition) is 0. The minimum absolute atomic E-state index is 0.171. The molecule has 0 saturated heterocycles. The summed E-state index contributed by atoms with van der Waals surface area (Å²) in [5.41, 5.74) is 0.976. The molecular weight excluding hydrogens is 230 g/mol. The molecule has 0 radical (unpaired) electrons. The fraction of sp³-hybridized carbons (Fsp3) is 0.429. The monoisotopic (exact) mass is 247 g/mol. The number of ether oxygens (including phenoxy) is 1. The number of benzene rings is 1. The summed E-state index contributed by atoms with van der Waals surface area (Å²) in [4.78, 5) is 24.9. The van der Waals surface area contributed by atoms with Crippen LogP contribution in [-0.4, -0.2) is 18.6 Å². The fourth-order valence-corrected chi connectivity index (χ4v) is 1.51. The fourth-order valence-electron chi connectivity index (χ4n) is 1.51. The molecule has 1 atom stereocenters. The van der Waals surface area contributed by atoms with Gasteiger partial charge in [-0.1, -0.05) is 37.3 Å². The Kier molecular flexibility index (Phi) is 6.44. The summed E-state index contributed by atoms with van der Waals surface area (Å²) < 4.78 is 5.20. The zero-order chi connectivity index (χ0) is 13.2. The lowest BCUT2D eigenvalue weighted by atomic mass is 10.1. The number of isocyanates is 1. The number of nitrogens with zero attached hydrogens (tertiary/aromatic N) is 1. The Morgan fingerprint density at radius 2 is 2.11 bits per heavy atom. The molecule has 0 bridgehead atoms. The van der Waals surface area contributed by atoms with Crippen LogP contribution in [0.15, 0.2) is 35.3 Å². The van der Waals surface area contributed by atoms with E-state index in [1.54, 1.807) is 0 Å². The van der Waals surface area contributed by atoms with Gasteiger partial charge in [-0.25, -0.2) is 9.79 Å². The summed E-state index contributed by atoms with van der Waals surface area (Å²) in [6, 6.07) is 9.56. The predicted octanol–water partition coefficient (Wildman–Crippen LogP) is 2.48. The van der Waals surface area contributed by atoms with Crippen molar-refractivity contribution in [2.75, 3.05) is 6.54 Å². The Labute approximate surface area is 107 Å². The highest BCUT2D eigenvalue weighted by Gasteiger charge is 2.13. The molecule has 0 saturated carbocycles. The van der Waals surface area contributed by atoms with Gasteiger partial charge in [-0.05, 0) is 18.4 Å². The van der Waals surface area contributed by atoms with Crippen LogP contribution in [0.4, 0.5) is 0 Å². The number of carbonyl (C=O) groups excluding carboxylic acids is 2. The molecule has 0 aromatic heterocycles. The van der Waals surface area contributed by atoms with Crippen molar-refractivity contribution in [2.24, 2.45) is 10.9 Å². The van der Waals surface area contributed by atoms with E-state index in [4.69, 9.17) is 4.74 Å². The number of aliphatic imine (C=N–C) groups is 1. The third-order valence-corrected chi connectivity index (χ3v) is 2.60. The quantitative estimate of drug-likeness (QED) is 0.322. The van der Waals surface area contributed by atoms with E-state index in [1.165, 1.54) is 6.08 Å². The van der Waals surface area contributed by atoms with Crippen molar-refractivity contribution in [3.05, 3.63) is 35.9 Å². The molecule has 18 heavy (non-hydrogen) atoms. The van der Waals surface area contributed by atoms with Gasteiger partial charge in [-0.3, -0.25) is 4.79 Å². The van der Waals surface area contributed by atoms with Crippen molar-refractivity contribution in [1.82, 2.24) is 0 Å². The minimum atomic E-state index is -0.214. The molecule has 0 amide bonds. The van der Waals surface area contributed by atoms with Crippen LogP contribution in [0, 0.1) is 5.92 Å². The van der Waals surface area contributed by atoms with Gasteiger partial charge in [0.1, 0.15) is 6.61 Å². The molecule has 0 N–H and O–H groups in total. The lowest BCUT2D eigenvalue weighted by Gasteiger charge is -2.10. The molecule has 96 valence electrons. The van der Waals surface area contributed by atoms with Crippen molar-refractivity contribution in [1.29, 1.82) is 0 Å². The van der Waals surface area contributed by atoms with Crippen LogP contribution in [0.3, 0.4) is 0 Å². The van der Waals surface area contributed by atoms with Crippen LogP contribution < -0.4 is 0 Å². The highest BCUT2D eigenvalue weighted by molar-refractivity contribution is 5.71. The Hall–Kier alpha value is -1.93. The molecule has 1 rings (SSSR count). The highest BCUT2D eigenvalue weighted by Crippen LogP contribution is 2.10. The predicted molar refractivity (Wildman–Crippen MR) is 67.6 cm³/mol. The molecule has 4 nitrogen and oxygen atoms in total. The second kappa shape index (κ2) is 8.20. The van der Waals surface area contributed by atoms with Crippen molar-refractivity contribution in [2.45, 2.75) is 26.4 Å². The van der Waals surface area contributed by atoms with Crippen LogP contribution in [0.25, 0.3) is 0 Å². The van der Waals surface area contributed by atoms with Crippen LogP contribution >= 0.6 is 0 Å². The van der Waals surface area contributed by atoms with Gasteiger partial charge >= 0.3 is 5.97 Å². The standard InChI is InChI=1S/C14H17NO3/c1-12(6-5-9-15-11-16)14(17)18-10-13-7-3-2-4-8-13/h2-4,7-8,12H,5-6,9-10H2,1H3. The molecular formula is C14H17NO3. The van der Waals surface area contributed by atoms with Crippen LogP contribution in [-0.2, 0) is 20.9 Å². The topological polar surface area (TPSA) is 55.7 Å². The first-order valence-corrected chi connectivity index (χ1v) is 5.98. The maximum absolute atomic E-state index is 11.6. The number of hydrogen-bond acceptors (Lipinski definition) is 4. The summed E-state index contributed by atoms with van der Waals surface area (Å²) >= 11 is 0. The van der Waals surface area contributed by atoms with E-state index in [1.807, 2.05) is 37.3 Å². The number of carbonyl (C=O) groups is 1. The second-order valence-electron chi connectivity index (χ2n) is 4.11. The number of esters is 1. The van der Waals surface area contributed by atoms with Gasteiger partial charge in [0.2, 0.25) is 6.08 Å². The molecule has 1 aromatic rings. The van der Waals surface area contributed by atoms with E-state index >= 15 is 0 Å².